The number of alkyl halides is 3. The van der Waals surface area contributed by atoms with Crippen molar-refractivity contribution in [3.63, 3.8) is 0 Å². The number of nitrogen functional groups attached to an aromatic ring is 1. The second-order valence-corrected chi connectivity index (χ2v) is 7.18. The fourth-order valence-electron chi connectivity index (χ4n) is 3.10. The molecule has 8 nitrogen and oxygen atoms in total. The summed E-state index contributed by atoms with van der Waals surface area (Å²) in [6.45, 7) is 3.37. The molecule has 1 heterocycles. The van der Waals surface area contributed by atoms with Crippen LogP contribution in [0.1, 0.15) is 45.1 Å². The van der Waals surface area contributed by atoms with Crippen LogP contribution in [0.25, 0.3) is 0 Å². The Balaban J connectivity index is 2.38. The van der Waals surface area contributed by atoms with Crippen LogP contribution in [0.15, 0.2) is 33.9 Å². The van der Waals surface area contributed by atoms with Crippen molar-refractivity contribution in [2.45, 2.75) is 52.3 Å². The number of ether oxygens (including phenoxy) is 1. The van der Waals surface area contributed by atoms with Crippen LogP contribution < -0.4 is 26.6 Å². The van der Waals surface area contributed by atoms with Gasteiger partial charge < -0.3 is 15.4 Å². The van der Waals surface area contributed by atoms with Crippen LogP contribution in [-0.4, -0.2) is 28.6 Å². The van der Waals surface area contributed by atoms with E-state index in [1.165, 1.54) is 16.7 Å². The Morgan fingerprint density at radius 2 is 1.81 bits per heavy atom. The topological polar surface area (TPSA) is 110 Å². The second-order valence-electron chi connectivity index (χ2n) is 7.18. The van der Waals surface area contributed by atoms with Crippen molar-refractivity contribution in [3.05, 3.63) is 50.7 Å². The lowest BCUT2D eigenvalue weighted by atomic mass is 10.2. The van der Waals surface area contributed by atoms with E-state index >= 15 is 0 Å². The van der Waals surface area contributed by atoms with Crippen molar-refractivity contribution in [3.8, 4) is 5.75 Å². The van der Waals surface area contributed by atoms with Gasteiger partial charge in [-0.25, -0.2) is 4.79 Å². The lowest BCUT2D eigenvalue weighted by Gasteiger charge is -2.25. The van der Waals surface area contributed by atoms with Crippen molar-refractivity contribution >= 4 is 17.4 Å². The van der Waals surface area contributed by atoms with Crippen molar-refractivity contribution < 1.29 is 22.7 Å². The van der Waals surface area contributed by atoms with Gasteiger partial charge in [-0.2, -0.15) is 13.2 Å². The summed E-state index contributed by atoms with van der Waals surface area (Å²) < 4.78 is 45.9. The van der Waals surface area contributed by atoms with Crippen LogP contribution in [0.2, 0.25) is 0 Å². The summed E-state index contributed by atoms with van der Waals surface area (Å²) >= 11 is 0. The van der Waals surface area contributed by atoms with E-state index in [9.17, 15) is 27.6 Å². The molecule has 0 saturated heterocycles. The van der Waals surface area contributed by atoms with E-state index in [0.717, 1.165) is 23.5 Å². The van der Waals surface area contributed by atoms with Crippen molar-refractivity contribution in [2.24, 2.45) is 0 Å². The van der Waals surface area contributed by atoms with E-state index in [4.69, 9.17) is 10.5 Å². The lowest BCUT2D eigenvalue weighted by Crippen LogP contribution is -2.43. The molecule has 0 bridgehead atoms. The number of nitrogens with zero attached hydrogens (tertiary/aromatic N) is 2. The van der Waals surface area contributed by atoms with Crippen molar-refractivity contribution in [1.82, 2.24) is 9.55 Å². The molecule has 0 unspecified atom stereocenters. The molecule has 3 N–H and O–H groups in total. The summed E-state index contributed by atoms with van der Waals surface area (Å²) in [4.78, 5) is 40.8. The molecule has 0 fully saturated rings. The molecule has 2 aromatic rings. The van der Waals surface area contributed by atoms with E-state index in [2.05, 4.69) is 4.98 Å². The van der Waals surface area contributed by atoms with Crippen LogP contribution in [0.5, 0.6) is 5.75 Å². The highest BCUT2D eigenvalue weighted by Crippen LogP contribution is 2.35. The Morgan fingerprint density at radius 1 is 1.16 bits per heavy atom. The molecular weight excluding hydrogens is 429 g/mol. The fourth-order valence-corrected chi connectivity index (χ4v) is 3.10. The van der Waals surface area contributed by atoms with E-state index in [1.54, 1.807) is 0 Å². The standard InChI is InChI=1S/C21H27F3N4O4/c1-3-5-11-27(17-18(25)28(12-6-4-2)20(31)26-19(17)30)16(29)13-32-15-10-8-7-9-14(15)21(22,23)24/h7-10H,3-6,11-13,25H2,1-2H3,(H,26,30,31). The molecule has 0 spiro atoms. The van der Waals surface area contributed by atoms with Gasteiger partial charge in [0.05, 0.1) is 5.56 Å². The maximum absolute atomic E-state index is 13.2. The average molecular weight is 456 g/mol. The number of hydrogen-bond acceptors (Lipinski definition) is 5. The number of rotatable bonds is 10. The molecule has 1 aromatic carbocycles. The number of anilines is 2. The van der Waals surface area contributed by atoms with Gasteiger partial charge in [-0.1, -0.05) is 38.8 Å². The summed E-state index contributed by atoms with van der Waals surface area (Å²) in [5.41, 5.74) is 3.31. The first kappa shape index (κ1) is 25.0. The molecule has 0 aliphatic carbocycles. The summed E-state index contributed by atoms with van der Waals surface area (Å²) in [6, 6.07) is 4.53. The van der Waals surface area contributed by atoms with Crippen LogP contribution in [0.3, 0.4) is 0 Å². The number of H-pyrrole nitrogens is 1. The van der Waals surface area contributed by atoms with Crippen LogP contribution >= 0.6 is 0 Å². The van der Waals surface area contributed by atoms with Crippen LogP contribution in [-0.2, 0) is 17.5 Å². The van der Waals surface area contributed by atoms with E-state index < -0.39 is 41.3 Å². The number of unbranched alkanes of at least 4 members (excludes halogenated alkanes) is 2. The van der Waals surface area contributed by atoms with Gasteiger partial charge in [0, 0.05) is 13.1 Å². The Labute approximate surface area is 182 Å². The highest BCUT2D eigenvalue weighted by atomic mass is 19.4. The maximum atomic E-state index is 13.2. The zero-order valence-electron chi connectivity index (χ0n) is 18.0. The number of nitrogens with one attached hydrogen (secondary N) is 1. The Hall–Kier alpha value is -3.24. The molecule has 0 atom stereocenters. The third-order valence-electron chi connectivity index (χ3n) is 4.80. The summed E-state index contributed by atoms with van der Waals surface area (Å²) in [5.74, 6) is -1.43. The highest BCUT2D eigenvalue weighted by molar-refractivity contribution is 5.96. The number of halogens is 3. The first-order valence-corrected chi connectivity index (χ1v) is 10.3. The SMILES string of the molecule is CCCCN(C(=O)COc1ccccc1C(F)(F)F)c1c(N)n(CCCC)c(=O)[nH]c1=O. The minimum absolute atomic E-state index is 0.0822. The molecule has 0 saturated carbocycles. The van der Waals surface area contributed by atoms with E-state index in [-0.39, 0.29) is 24.6 Å². The molecule has 0 radical (unpaired) electrons. The minimum atomic E-state index is -4.65. The second kappa shape index (κ2) is 10.9. The number of aromatic amines is 1. The number of benzene rings is 1. The van der Waals surface area contributed by atoms with Gasteiger partial charge in [0.15, 0.2) is 12.3 Å². The fraction of sp³-hybridized carbons (Fsp3) is 0.476. The molecule has 11 heteroatoms. The van der Waals surface area contributed by atoms with Gasteiger partial charge in [0.1, 0.15) is 11.6 Å². The lowest BCUT2D eigenvalue weighted by molar-refractivity contribution is -0.139. The minimum Gasteiger partial charge on any atom is -0.483 e. The number of para-hydroxylation sites is 1. The Bertz CT molecular complexity index is 1050. The molecular formula is C21H27F3N4O4. The quantitative estimate of drug-likeness (QED) is 0.571. The van der Waals surface area contributed by atoms with Gasteiger partial charge in [-0.3, -0.25) is 19.1 Å². The predicted octanol–water partition coefficient (Wildman–Crippen LogP) is 3.15. The first-order chi connectivity index (χ1) is 15.1. The zero-order chi connectivity index (χ0) is 23.9. The van der Waals surface area contributed by atoms with Crippen LogP contribution in [0.4, 0.5) is 24.7 Å². The van der Waals surface area contributed by atoms with Gasteiger partial charge in [-0.15, -0.1) is 0 Å². The molecule has 2 rings (SSSR count). The summed E-state index contributed by atoms with van der Waals surface area (Å²) in [6.07, 6.45) is -2.09. The average Bonchev–Trinajstić information content (AvgIpc) is 2.73. The molecule has 176 valence electrons. The van der Waals surface area contributed by atoms with Crippen molar-refractivity contribution in [1.29, 1.82) is 0 Å². The summed E-state index contributed by atoms with van der Waals surface area (Å²) in [5, 5.41) is 0. The number of nitrogens with two attached hydrogens (primary N) is 1. The molecule has 0 aliphatic heterocycles. The summed E-state index contributed by atoms with van der Waals surface area (Å²) in [7, 11) is 0. The number of aromatic nitrogens is 2. The van der Waals surface area contributed by atoms with E-state index in [0.29, 0.717) is 19.3 Å². The maximum Gasteiger partial charge on any atom is 0.419 e. The van der Waals surface area contributed by atoms with Gasteiger partial charge in [-0.05, 0) is 25.0 Å². The van der Waals surface area contributed by atoms with Crippen LogP contribution in [0, 0.1) is 0 Å². The van der Waals surface area contributed by atoms with Gasteiger partial charge in [0.2, 0.25) is 0 Å². The van der Waals surface area contributed by atoms with E-state index in [1.807, 2.05) is 13.8 Å². The molecule has 32 heavy (non-hydrogen) atoms. The first-order valence-electron chi connectivity index (χ1n) is 10.3. The number of carbonyl (C=O) groups is 1. The normalized spacial score (nSPS) is 11.4. The highest BCUT2D eigenvalue weighted by Gasteiger charge is 2.34. The zero-order valence-corrected chi connectivity index (χ0v) is 18.0. The van der Waals surface area contributed by atoms with Gasteiger partial charge >= 0.3 is 11.9 Å². The Kier molecular flexibility index (Phi) is 8.50. The van der Waals surface area contributed by atoms with Crippen molar-refractivity contribution in [2.75, 3.05) is 23.8 Å². The monoisotopic (exact) mass is 456 g/mol. The third kappa shape index (κ3) is 5.92. The largest absolute Gasteiger partial charge is 0.483 e. The molecule has 1 aromatic heterocycles. The number of hydrogen-bond donors (Lipinski definition) is 2. The number of amides is 1. The van der Waals surface area contributed by atoms with Gasteiger partial charge in [0.25, 0.3) is 11.5 Å². The number of carbonyl (C=O) groups excluding carboxylic acids is 1. The molecule has 1 amide bonds. The molecule has 0 aliphatic rings. The Morgan fingerprint density at radius 3 is 2.44 bits per heavy atom. The third-order valence-corrected chi connectivity index (χ3v) is 4.80. The smallest absolute Gasteiger partial charge is 0.419 e. The predicted molar refractivity (Wildman–Crippen MR) is 115 cm³/mol.